The topological polar surface area (TPSA) is 58.6 Å². The van der Waals surface area contributed by atoms with E-state index in [1.165, 1.54) is 0 Å². The van der Waals surface area contributed by atoms with Crippen molar-refractivity contribution in [1.82, 2.24) is 10.2 Å². The number of urea groups is 1. The third-order valence-corrected chi connectivity index (χ3v) is 3.16. The highest BCUT2D eigenvalue weighted by Gasteiger charge is 2.18. The van der Waals surface area contributed by atoms with Gasteiger partial charge in [-0.2, -0.15) is 0 Å². The Hall–Kier alpha value is -1.56. The number of aldehydes is 1. The number of rotatable bonds is 5. The molecule has 1 heterocycles. The van der Waals surface area contributed by atoms with Crippen LogP contribution in [0.25, 0.3) is 0 Å². The molecule has 0 unspecified atom stereocenters. The van der Waals surface area contributed by atoms with Crippen LogP contribution in [0.2, 0.25) is 0 Å². The molecule has 2 amide bonds. The van der Waals surface area contributed by atoms with Gasteiger partial charge in [-0.25, -0.2) is 4.79 Å². The minimum absolute atomic E-state index is 0.0648. The van der Waals surface area contributed by atoms with Crippen molar-refractivity contribution in [3.63, 3.8) is 0 Å². The molecule has 1 aliphatic rings. The number of carbonyl (C=O) groups is 2. The highest BCUT2D eigenvalue weighted by atomic mass is 79.9. The largest absolute Gasteiger partial charge is 0.491 e. The molecule has 0 atom stereocenters. The maximum absolute atomic E-state index is 11.3. The summed E-state index contributed by atoms with van der Waals surface area (Å²) in [6, 6.07) is 5.18. The molecule has 0 aliphatic carbocycles. The summed E-state index contributed by atoms with van der Waals surface area (Å²) in [6.45, 7) is 2.26. The van der Waals surface area contributed by atoms with E-state index in [0.717, 1.165) is 10.8 Å². The van der Waals surface area contributed by atoms with E-state index in [4.69, 9.17) is 4.74 Å². The lowest BCUT2D eigenvalue weighted by molar-refractivity contribution is 0.111. The van der Waals surface area contributed by atoms with Gasteiger partial charge in [-0.15, -0.1) is 0 Å². The van der Waals surface area contributed by atoms with Gasteiger partial charge < -0.3 is 15.0 Å². The lowest BCUT2D eigenvalue weighted by Crippen LogP contribution is -2.31. The van der Waals surface area contributed by atoms with Gasteiger partial charge >= 0.3 is 6.03 Å². The van der Waals surface area contributed by atoms with Crippen LogP contribution in [0.5, 0.6) is 5.75 Å². The van der Waals surface area contributed by atoms with Crippen LogP contribution in [-0.4, -0.2) is 43.5 Å². The molecule has 5 nitrogen and oxygen atoms in total. The number of ether oxygens (including phenoxy) is 1. The van der Waals surface area contributed by atoms with Crippen molar-refractivity contribution in [2.24, 2.45) is 0 Å². The molecule has 2 rings (SSSR count). The summed E-state index contributed by atoms with van der Waals surface area (Å²) < 4.78 is 6.35. The third-order valence-electron chi connectivity index (χ3n) is 2.66. The van der Waals surface area contributed by atoms with Gasteiger partial charge in [0.05, 0.1) is 12.1 Å². The molecule has 96 valence electrons. The predicted molar refractivity (Wildman–Crippen MR) is 70.0 cm³/mol. The molecule has 0 radical (unpaired) electrons. The Kier molecular flexibility index (Phi) is 4.19. The number of hydrogen-bond acceptors (Lipinski definition) is 3. The fraction of sp³-hybridized carbons (Fsp3) is 0.333. The van der Waals surface area contributed by atoms with Gasteiger partial charge in [0.1, 0.15) is 12.4 Å². The summed E-state index contributed by atoms with van der Waals surface area (Å²) in [5.41, 5.74) is 0.496. The number of benzene rings is 1. The zero-order valence-electron chi connectivity index (χ0n) is 9.69. The quantitative estimate of drug-likeness (QED) is 0.841. The molecular weight excluding hydrogens is 300 g/mol. The van der Waals surface area contributed by atoms with E-state index in [1.807, 2.05) is 6.07 Å². The van der Waals surface area contributed by atoms with Gasteiger partial charge in [-0.1, -0.05) is 15.9 Å². The van der Waals surface area contributed by atoms with E-state index >= 15 is 0 Å². The van der Waals surface area contributed by atoms with Crippen LogP contribution in [0, 0.1) is 0 Å². The van der Waals surface area contributed by atoms with Crippen molar-refractivity contribution < 1.29 is 14.3 Å². The van der Waals surface area contributed by atoms with E-state index in [2.05, 4.69) is 21.2 Å². The minimum Gasteiger partial charge on any atom is -0.491 e. The van der Waals surface area contributed by atoms with Crippen molar-refractivity contribution in [1.29, 1.82) is 0 Å². The molecule has 0 bridgehead atoms. The second-order valence-electron chi connectivity index (χ2n) is 3.87. The molecule has 0 spiro atoms. The number of carbonyl (C=O) groups excluding carboxylic acids is 2. The summed E-state index contributed by atoms with van der Waals surface area (Å²) >= 11 is 3.29. The van der Waals surface area contributed by atoms with Crippen LogP contribution >= 0.6 is 15.9 Å². The van der Waals surface area contributed by atoms with Gasteiger partial charge in [0.15, 0.2) is 6.29 Å². The lowest BCUT2D eigenvalue weighted by Gasteiger charge is -2.15. The first kappa shape index (κ1) is 12.9. The predicted octanol–water partition coefficient (Wildman–Crippen LogP) is 1.67. The van der Waals surface area contributed by atoms with Gasteiger partial charge in [0, 0.05) is 17.6 Å². The van der Waals surface area contributed by atoms with E-state index < -0.39 is 0 Å². The second kappa shape index (κ2) is 5.86. The summed E-state index contributed by atoms with van der Waals surface area (Å²) in [6.07, 6.45) is 0.753. The van der Waals surface area contributed by atoms with Gasteiger partial charge in [-0.3, -0.25) is 4.79 Å². The Morgan fingerprint density at radius 1 is 1.50 bits per heavy atom. The van der Waals surface area contributed by atoms with Crippen molar-refractivity contribution >= 4 is 28.2 Å². The smallest absolute Gasteiger partial charge is 0.317 e. The number of hydrogen-bond donors (Lipinski definition) is 1. The molecule has 0 aromatic heterocycles. The van der Waals surface area contributed by atoms with Gasteiger partial charge in [-0.05, 0) is 18.2 Å². The van der Waals surface area contributed by atoms with Crippen LogP contribution in [0.3, 0.4) is 0 Å². The van der Waals surface area contributed by atoms with Gasteiger partial charge in [0.2, 0.25) is 0 Å². The highest BCUT2D eigenvalue weighted by molar-refractivity contribution is 9.10. The Labute approximate surface area is 113 Å². The first-order chi connectivity index (χ1) is 8.70. The molecule has 1 aromatic rings. The molecule has 1 aromatic carbocycles. The molecule has 1 aliphatic heterocycles. The number of nitrogens with one attached hydrogen (secondary N) is 1. The molecule has 1 fully saturated rings. The van der Waals surface area contributed by atoms with Crippen LogP contribution in [0.4, 0.5) is 4.79 Å². The van der Waals surface area contributed by atoms with E-state index in [-0.39, 0.29) is 6.03 Å². The Balaban J connectivity index is 1.90. The Morgan fingerprint density at radius 3 is 3.00 bits per heavy atom. The van der Waals surface area contributed by atoms with E-state index in [0.29, 0.717) is 37.6 Å². The molecule has 1 N–H and O–H groups in total. The summed E-state index contributed by atoms with van der Waals surface area (Å²) in [5, 5.41) is 2.72. The van der Waals surface area contributed by atoms with E-state index in [9.17, 15) is 9.59 Å². The minimum atomic E-state index is -0.0648. The second-order valence-corrected chi connectivity index (χ2v) is 4.78. The monoisotopic (exact) mass is 312 g/mol. The highest BCUT2D eigenvalue weighted by Crippen LogP contribution is 2.21. The van der Waals surface area contributed by atoms with Crippen molar-refractivity contribution in [3.05, 3.63) is 28.2 Å². The SMILES string of the molecule is O=Cc1cc(Br)ccc1OCCN1CCNC1=O. The van der Waals surface area contributed by atoms with Crippen LogP contribution < -0.4 is 10.1 Å². The molecule has 18 heavy (non-hydrogen) atoms. The standard InChI is InChI=1S/C12H13BrN2O3/c13-10-1-2-11(9(7-10)8-16)18-6-5-15-4-3-14-12(15)17/h1-2,7-8H,3-6H2,(H,14,17). The maximum Gasteiger partial charge on any atom is 0.317 e. The Bertz CT molecular complexity index is 465. The van der Waals surface area contributed by atoms with Gasteiger partial charge in [0.25, 0.3) is 0 Å². The van der Waals surface area contributed by atoms with Crippen molar-refractivity contribution in [2.75, 3.05) is 26.2 Å². The molecule has 1 saturated heterocycles. The molecular formula is C12H13BrN2O3. The van der Waals surface area contributed by atoms with Crippen molar-refractivity contribution in [3.8, 4) is 5.75 Å². The van der Waals surface area contributed by atoms with E-state index in [1.54, 1.807) is 17.0 Å². The first-order valence-corrected chi connectivity index (χ1v) is 6.40. The fourth-order valence-corrected chi connectivity index (χ4v) is 2.11. The average molecular weight is 313 g/mol. The zero-order valence-corrected chi connectivity index (χ0v) is 11.3. The Morgan fingerprint density at radius 2 is 2.33 bits per heavy atom. The third kappa shape index (κ3) is 3.01. The molecule has 6 heteroatoms. The first-order valence-electron chi connectivity index (χ1n) is 5.61. The molecule has 0 saturated carbocycles. The summed E-state index contributed by atoms with van der Waals surface area (Å²) in [7, 11) is 0. The number of nitrogens with zero attached hydrogens (tertiary/aromatic N) is 1. The average Bonchev–Trinajstić information content (AvgIpc) is 2.77. The fourth-order valence-electron chi connectivity index (χ4n) is 1.73. The lowest BCUT2D eigenvalue weighted by atomic mass is 10.2. The normalized spacial score (nSPS) is 14.5. The summed E-state index contributed by atoms with van der Waals surface area (Å²) in [4.78, 5) is 23.8. The van der Waals surface area contributed by atoms with Crippen molar-refractivity contribution in [2.45, 2.75) is 0 Å². The number of halogens is 1. The zero-order chi connectivity index (χ0) is 13.0. The van der Waals surface area contributed by atoms with Crippen LogP contribution in [0.1, 0.15) is 10.4 Å². The number of amides is 2. The maximum atomic E-state index is 11.3. The van der Waals surface area contributed by atoms with Crippen LogP contribution in [0.15, 0.2) is 22.7 Å². The van der Waals surface area contributed by atoms with Crippen LogP contribution in [-0.2, 0) is 0 Å². The summed E-state index contributed by atoms with van der Waals surface area (Å²) in [5.74, 6) is 0.535.